The predicted octanol–water partition coefficient (Wildman–Crippen LogP) is 1.70. The minimum atomic E-state index is -4.29. The van der Waals surface area contributed by atoms with Crippen LogP contribution in [0.2, 0.25) is 0 Å². The summed E-state index contributed by atoms with van der Waals surface area (Å²) in [6.45, 7) is 3.29. The van der Waals surface area contributed by atoms with E-state index in [2.05, 4.69) is 5.32 Å². The van der Waals surface area contributed by atoms with E-state index in [0.29, 0.717) is 6.42 Å². The van der Waals surface area contributed by atoms with E-state index in [1.165, 1.54) is 18.7 Å². The summed E-state index contributed by atoms with van der Waals surface area (Å²) < 4.78 is 39.0. The van der Waals surface area contributed by atoms with Crippen LogP contribution in [0.3, 0.4) is 0 Å². The van der Waals surface area contributed by atoms with Crippen molar-refractivity contribution in [1.29, 1.82) is 0 Å². The molecule has 2 amide bonds. The van der Waals surface area contributed by atoms with Gasteiger partial charge in [0.05, 0.1) is 11.8 Å². The second-order valence-corrected chi connectivity index (χ2v) is 6.07. The van der Waals surface area contributed by atoms with Crippen LogP contribution in [0.15, 0.2) is 0 Å². The highest BCUT2D eigenvalue weighted by atomic mass is 19.4. The number of halogens is 3. The van der Waals surface area contributed by atoms with Gasteiger partial charge in [0.25, 0.3) is 0 Å². The lowest BCUT2D eigenvalue weighted by atomic mass is 9.87. The summed E-state index contributed by atoms with van der Waals surface area (Å²) in [4.78, 5) is 24.8. The number of hydrogen-bond acceptors (Lipinski definition) is 2. The molecule has 2 rings (SSSR count). The van der Waals surface area contributed by atoms with E-state index >= 15 is 0 Å². The van der Waals surface area contributed by atoms with Gasteiger partial charge < -0.3 is 10.2 Å². The molecule has 0 aromatic heterocycles. The average Bonchev–Trinajstić information content (AvgIpc) is 2.64. The Hall–Kier alpha value is -1.27. The molecule has 2 fully saturated rings. The summed E-state index contributed by atoms with van der Waals surface area (Å²) in [5.41, 5.74) is -1.23. The first-order valence-corrected chi connectivity index (χ1v) is 6.79. The fraction of sp³-hybridized carbons (Fsp3) is 0.846. The van der Waals surface area contributed by atoms with Crippen molar-refractivity contribution in [3.63, 3.8) is 0 Å². The molecule has 114 valence electrons. The van der Waals surface area contributed by atoms with Gasteiger partial charge in [0.1, 0.15) is 0 Å². The molecule has 0 spiro atoms. The van der Waals surface area contributed by atoms with Gasteiger partial charge in [-0.25, -0.2) is 0 Å². The highest BCUT2D eigenvalue weighted by Crippen LogP contribution is 2.45. The number of hydrogen-bond donors (Lipinski definition) is 1. The minimum Gasteiger partial charge on any atom is -0.355 e. The van der Waals surface area contributed by atoms with Crippen LogP contribution in [0.5, 0.6) is 0 Å². The molecule has 2 aliphatic rings. The third kappa shape index (κ3) is 2.62. The van der Waals surface area contributed by atoms with Crippen molar-refractivity contribution >= 4 is 11.8 Å². The fourth-order valence-electron chi connectivity index (χ4n) is 3.21. The third-order valence-corrected chi connectivity index (χ3v) is 4.47. The highest BCUT2D eigenvalue weighted by Gasteiger charge is 2.56. The van der Waals surface area contributed by atoms with E-state index in [1.54, 1.807) is 0 Å². The topological polar surface area (TPSA) is 49.4 Å². The van der Waals surface area contributed by atoms with Crippen LogP contribution in [0.4, 0.5) is 13.2 Å². The van der Waals surface area contributed by atoms with E-state index < -0.39 is 23.6 Å². The zero-order chi connectivity index (χ0) is 15.1. The van der Waals surface area contributed by atoms with Crippen LogP contribution in [0.1, 0.15) is 33.1 Å². The van der Waals surface area contributed by atoms with E-state index in [0.717, 1.165) is 0 Å². The van der Waals surface area contributed by atoms with Gasteiger partial charge in [0.15, 0.2) is 0 Å². The smallest absolute Gasteiger partial charge is 0.355 e. The molecule has 0 bridgehead atoms. The maximum absolute atomic E-state index is 13.0. The van der Waals surface area contributed by atoms with E-state index in [4.69, 9.17) is 0 Å². The quantitative estimate of drug-likeness (QED) is 0.800. The lowest BCUT2D eigenvalue weighted by molar-refractivity contribution is -0.192. The van der Waals surface area contributed by atoms with Gasteiger partial charge in [-0.1, -0.05) is 0 Å². The molecule has 2 aliphatic heterocycles. The number of nitrogens with one attached hydrogen (secondary N) is 1. The predicted molar refractivity (Wildman–Crippen MR) is 65.7 cm³/mol. The van der Waals surface area contributed by atoms with Crippen molar-refractivity contribution in [2.24, 2.45) is 11.8 Å². The molecule has 2 heterocycles. The Bertz CT molecular complexity index is 410. The van der Waals surface area contributed by atoms with Gasteiger partial charge in [0.2, 0.25) is 11.8 Å². The molecule has 0 aromatic rings. The molecule has 4 nitrogen and oxygen atoms in total. The third-order valence-electron chi connectivity index (χ3n) is 4.47. The summed E-state index contributed by atoms with van der Waals surface area (Å²) >= 11 is 0. The first-order chi connectivity index (χ1) is 9.14. The standard InChI is InChI=1S/C13H19F3N2O2/c1-12(2)9(13(14,15)16)5-6-18(12)11(20)8-3-4-10(19)17-7-8/h8-9H,3-7H2,1-2H3,(H,17,19)/t8-,9+/m1/s1. The second kappa shape index (κ2) is 4.93. The number of rotatable bonds is 1. The maximum Gasteiger partial charge on any atom is 0.394 e. The zero-order valence-electron chi connectivity index (χ0n) is 11.6. The van der Waals surface area contributed by atoms with Gasteiger partial charge in [0, 0.05) is 25.0 Å². The number of piperidine rings is 1. The maximum atomic E-state index is 13.0. The van der Waals surface area contributed by atoms with Crippen molar-refractivity contribution in [3.8, 4) is 0 Å². The number of amides is 2. The van der Waals surface area contributed by atoms with E-state index in [-0.39, 0.29) is 37.7 Å². The fourth-order valence-corrected chi connectivity index (χ4v) is 3.21. The van der Waals surface area contributed by atoms with Gasteiger partial charge in [-0.3, -0.25) is 9.59 Å². The largest absolute Gasteiger partial charge is 0.394 e. The Kier molecular flexibility index (Phi) is 3.73. The van der Waals surface area contributed by atoms with Gasteiger partial charge in [-0.15, -0.1) is 0 Å². The molecule has 2 saturated heterocycles. The number of nitrogens with zero attached hydrogens (tertiary/aromatic N) is 1. The first kappa shape index (κ1) is 15.1. The zero-order valence-corrected chi connectivity index (χ0v) is 11.6. The van der Waals surface area contributed by atoms with E-state index in [1.807, 2.05) is 0 Å². The molecule has 0 aliphatic carbocycles. The normalized spacial score (nSPS) is 30.2. The molecular formula is C13H19F3N2O2. The van der Waals surface area contributed by atoms with Crippen molar-refractivity contribution in [3.05, 3.63) is 0 Å². The Balaban J connectivity index is 2.10. The number of carbonyl (C=O) groups is 2. The molecular weight excluding hydrogens is 273 g/mol. The van der Waals surface area contributed by atoms with Gasteiger partial charge >= 0.3 is 6.18 Å². The molecule has 0 unspecified atom stereocenters. The molecule has 0 aromatic carbocycles. The molecule has 20 heavy (non-hydrogen) atoms. The van der Waals surface area contributed by atoms with Crippen LogP contribution in [0, 0.1) is 11.8 Å². The summed E-state index contributed by atoms with van der Waals surface area (Å²) in [7, 11) is 0. The van der Waals surface area contributed by atoms with Crippen LogP contribution in [-0.2, 0) is 9.59 Å². The van der Waals surface area contributed by atoms with Crippen molar-refractivity contribution in [2.75, 3.05) is 13.1 Å². The molecule has 2 atom stereocenters. The Labute approximate surface area is 115 Å². The van der Waals surface area contributed by atoms with Gasteiger partial charge in [-0.05, 0) is 26.7 Å². The van der Waals surface area contributed by atoms with Crippen molar-refractivity contribution in [2.45, 2.75) is 44.8 Å². The average molecular weight is 292 g/mol. The van der Waals surface area contributed by atoms with Crippen molar-refractivity contribution in [1.82, 2.24) is 10.2 Å². The van der Waals surface area contributed by atoms with Crippen LogP contribution in [0.25, 0.3) is 0 Å². The Morgan fingerprint density at radius 2 is 2.00 bits per heavy atom. The van der Waals surface area contributed by atoms with Gasteiger partial charge in [-0.2, -0.15) is 13.2 Å². The van der Waals surface area contributed by atoms with Crippen molar-refractivity contribution < 1.29 is 22.8 Å². The summed E-state index contributed by atoms with van der Waals surface area (Å²) in [5.74, 6) is -2.28. The number of likely N-dealkylation sites (tertiary alicyclic amines) is 1. The first-order valence-electron chi connectivity index (χ1n) is 6.79. The van der Waals surface area contributed by atoms with Crippen LogP contribution in [-0.4, -0.2) is 41.5 Å². The van der Waals surface area contributed by atoms with E-state index in [9.17, 15) is 22.8 Å². The second-order valence-electron chi connectivity index (χ2n) is 6.07. The lowest BCUT2D eigenvalue weighted by Gasteiger charge is -2.39. The Morgan fingerprint density at radius 3 is 2.45 bits per heavy atom. The molecule has 7 heteroatoms. The summed E-state index contributed by atoms with van der Waals surface area (Å²) in [6.07, 6.45) is -3.68. The lowest BCUT2D eigenvalue weighted by Crippen LogP contribution is -2.53. The molecule has 0 radical (unpaired) electrons. The number of alkyl halides is 3. The highest BCUT2D eigenvalue weighted by molar-refractivity contribution is 5.84. The molecule has 1 N–H and O–H groups in total. The van der Waals surface area contributed by atoms with Crippen LogP contribution >= 0.6 is 0 Å². The monoisotopic (exact) mass is 292 g/mol. The van der Waals surface area contributed by atoms with Crippen LogP contribution < -0.4 is 5.32 Å². The summed E-state index contributed by atoms with van der Waals surface area (Å²) in [5, 5.41) is 2.60. The summed E-state index contributed by atoms with van der Waals surface area (Å²) in [6, 6.07) is 0. The Morgan fingerprint density at radius 1 is 1.35 bits per heavy atom. The molecule has 0 saturated carbocycles. The number of carbonyl (C=O) groups excluding carboxylic acids is 2. The SMILES string of the molecule is CC1(C)[C@@H](C(F)(F)F)CCN1C(=O)[C@@H]1CCC(=O)NC1. The minimum absolute atomic E-state index is 0.0542.